The van der Waals surface area contributed by atoms with Crippen LogP contribution in [0.1, 0.15) is 79.9 Å². The average molecular weight is 228 g/mol. The van der Waals surface area contributed by atoms with E-state index >= 15 is 0 Å². The molecule has 0 nitrogen and oxygen atoms in total. The second-order valence-corrected chi connectivity index (χ2v) is 6.08. The molecule has 17 heavy (non-hydrogen) atoms. The zero-order valence-electron chi connectivity index (χ0n) is 11.0. The first kappa shape index (κ1) is 11.3. The van der Waals surface area contributed by atoms with Crippen LogP contribution in [-0.2, 0) is 0 Å². The molecule has 2 aliphatic carbocycles. The first-order chi connectivity index (χ1) is 8.34. The third-order valence-corrected chi connectivity index (χ3v) is 4.92. The molecule has 2 saturated carbocycles. The molecule has 0 saturated heterocycles. The Labute approximate surface area is 105 Å². The molecule has 0 radical (unpaired) electrons. The van der Waals surface area contributed by atoms with Crippen LogP contribution in [0.5, 0.6) is 0 Å². The lowest BCUT2D eigenvalue weighted by Crippen LogP contribution is -2.00. The third kappa shape index (κ3) is 2.27. The summed E-state index contributed by atoms with van der Waals surface area (Å²) in [5.41, 5.74) is 4.83. The van der Waals surface area contributed by atoms with Crippen LogP contribution in [0.25, 0.3) is 0 Å². The predicted octanol–water partition coefficient (Wildman–Crippen LogP) is 5.31. The van der Waals surface area contributed by atoms with Gasteiger partial charge in [-0.15, -0.1) is 0 Å². The number of benzene rings is 1. The monoisotopic (exact) mass is 228 g/mol. The van der Waals surface area contributed by atoms with Gasteiger partial charge in [-0.2, -0.15) is 0 Å². The van der Waals surface area contributed by atoms with Crippen molar-refractivity contribution in [2.45, 2.75) is 70.1 Å². The normalized spacial score (nSPS) is 22.4. The van der Waals surface area contributed by atoms with Gasteiger partial charge >= 0.3 is 0 Å². The third-order valence-electron chi connectivity index (χ3n) is 4.92. The number of aryl methyl sites for hydroxylation is 1. The van der Waals surface area contributed by atoms with Crippen molar-refractivity contribution in [3.8, 4) is 0 Å². The highest BCUT2D eigenvalue weighted by atomic mass is 14.3. The summed E-state index contributed by atoms with van der Waals surface area (Å²) in [5, 5.41) is 0. The van der Waals surface area contributed by atoms with Gasteiger partial charge in [-0.25, -0.2) is 0 Å². The van der Waals surface area contributed by atoms with E-state index in [9.17, 15) is 0 Å². The molecule has 0 atom stereocenters. The van der Waals surface area contributed by atoms with Gasteiger partial charge in [-0.05, 0) is 61.1 Å². The molecule has 2 fully saturated rings. The van der Waals surface area contributed by atoms with Gasteiger partial charge in [0, 0.05) is 0 Å². The number of hydrogen-bond acceptors (Lipinski definition) is 0. The van der Waals surface area contributed by atoms with E-state index in [4.69, 9.17) is 0 Å². The summed E-state index contributed by atoms with van der Waals surface area (Å²) in [5.74, 6) is 1.74. The second kappa shape index (κ2) is 4.84. The van der Waals surface area contributed by atoms with Gasteiger partial charge in [0.2, 0.25) is 0 Å². The number of hydrogen-bond donors (Lipinski definition) is 0. The van der Waals surface area contributed by atoms with Gasteiger partial charge < -0.3 is 0 Å². The van der Waals surface area contributed by atoms with E-state index in [0.717, 1.165) is 11.8 Å². The molecule has 0 unspecified atom stereocenters. The molecule has 2 aliphatic rings. The molecule has 1 aromatic carbocycles. The number of rotatable bonds is 2. The second-order valence-electron chi connectivity index (χ2n) is 6.08. The van der Waals surface area contributed by atoms with Crippen LogP contribution in [0, 0.1) is 6.92 Å². The highest BCUT2D eigenvalue weighted by Gasteiger charge is 2.22. The summed E-state index contributed by atoms with van der Waals surface area (Å²) in [6.45, 7) is 2.30. The highest BCUT2D eigenvalue weighted by Crippen LogP contribution is 2.39. The Hall–Kier alpha value is -0.780. The Morgan fingerprint density at radius 3 is 2.06 bits per heavy atom. The van der Waals surface area contributed by atoms with Crippen molar-refractivity contribution in [3.63, 3.8) is 0 Å². The van der Waals surface area contributed by atoms with Crippen molar-refractivity contribution >= 4 is 0 Å². The molecule has 0 bridgehead atoms. The molecule has 0 heteroatoms. The lowest BCUT2D eigenvalue weighted by atomic mass is 9.88. The Balaban J connectivity index is 1.88. The van der Waals surface area contributed by atoms with Crippen LogP contribution >= 0.6 is 0 Å². The molecule has 0 amide bonds. The van der Waals surface area contributed by atoms with Gasteiger partial charge in [0.1, 0.15) is 0 Å². The van der Waals surface area contributed by atoms with E-state index in [1.807, 2.05) is 0 Å². The van der Waals surface area contributed by atoms with Gasteiger partial charge in [-0.1, -0.05) is 43.9 Å². The van der Waals surface area contributed by atoms with Crippen LogP contribution in [-0.4, -0.2) is 0 Å². The summed E-state index contributed by atoms with van der Waals surface area (Å²) in [7, 11) is 0. The van der Waals surface area contributed by atoms with Crippen LogP contribution < -0.4 is 0 Å². The average Bonchev–Trinajstić information content (AvgIpc) is 3.03. The van der Waals surface area contributed by atoms with E-state index in [0.29, 0.717) is 0 Å². The maximum atomic E-state index is 2.56. The van der Waals surface area contributed by atoms with Gasteiger partial charge in [0.05, 0.1) is 0 Å². The van der Waals surface area contributed by atoms with Gasteiger partial charge in [0.15, 0.2) is 0 Å². The van der Waals surface area contributed by atoms with Gasteiger partial charge in [-0.3, -0.25) is 0 Å². The minimum atomic E-state index is 0.871. The maximum Gasteiger partial charge on any atom is -0.0159 e. The summed E-state index contributed by atoms with van der Waals surface area (Å²) in [6, 6.07) is 7.33. The summed E-state index contributed by atoms with van der Waals surface area (Å²) in [6.07, 6.45) is 11.5. The first-order valence-corrected chi connectivity index (χ1v) is 7.45. The van der Waals surface area contributed by atoms with Crippen LogP contribution in [0.3, 0.4) is 0 Å². The molecule has 92 valence electrons. The predicted molar refractivity (Wildman–Crippen MR) is 73.6 cm³/mol. The standard InChI is InChI=1S/C17H24/c1-13-10-11-16(14-6-2-3-7-14)12-17(13)15-8-4-5-9-15/h10-12,14-15H,2-9H2,1H3. The summed E-state index contributed by atoms with van der Waals surface area (Å²) in [4.78, 5) is 0. The molecule has 3 rings (SSSR count). The maximum absolute atomic E-state index is 2.56. The van der Waals surface area contributed by atoms with Gasteiger partial charge in [0.25, 0.3) is 0 Å². The fraction of sp³-hybridized carbons (Fsp3) is 0.647. The van der Waals surface area contributed by atoms with Crippen LogP contribution in [0.15, 0.2) is 18.2 Å². The quantitative estimate of drug-likeness (QED) is 0.643. The topological polar surface area (TPSA) is 0 Å². The van der Waals surface area contributed by atoms with Crippen LogP contribution in [0.4, 0.5) is 0 Å². The lowest BCUT2D eigenvalue weighted by Gasteiger charge is -2.17. The Morgan fingerprint density at radius 2 is 1.41 bits per heavy atom. The smallest absolute Gasteiger partial charge is 0.0159 e. The van der Waals surface area contributed by atoms with E-state index < -0.39 is 0 Å². The molecule has 0 N–H and O–H groups in total. The molecule has 1 aromatic rings. The molecule has 0 aliphatic heterocycles. The molecule has 0 spiro atoms. The van der Waals surface area contributed by atoms with Crippen molar-refractivity contribution in [2.24, 2.45) is 0 Å². The summed E-state index contributed by atoms with van der Waals surface area (Å²) >= 11 is 0. The molecular weight excluding hydrogens is 204 g/mol. The fourth-order valence-corrected chi connectivity index (χ4v) is 3.85. The zero-order chi connectivity index (χ0) is 11.7. The van der Waals surface area contributed by atoms with Crippen molar-refractivity contribution in [1.82, 2.24) is 0 Å². The highest BCUT2D eigenvalue weighted by molar-refractivity contribution is 5.36. The Bertz CT molecular complexity index is 379. The Morgan fingerprint density at radius 1 is 0.824 bits per heavy atom. The van der Waals surface area contributed by atoms with Crippen molar-refractivity contribution in [2.75, 3.05) is 0 Å². The molecule has 0 aromatic heterocycles. The first-order valence-electron chi connectivity index (χ1n) is 7.45. The SMILES string of the molecule is Cc1ccc(C2CCCC2)cc1C1CCCC1. The largest absolute Gasteiger partial charge is 0.0588 e. The van der Waals surface area contributed by atoms with E-state index in [-0.39, 0.29) is 0 Å². The van der Waals surface area contributed by atoms with Crippen LogP contribution in [0.2, 0.25) is 0 Å². The minimum Gasteiger partial charge on any atom is -0.0588 e. The van der Waals surface area contributed by atoms with Crippen molar-refractivity contribution in [3.05, 3.63) is 34.9 Å². The fourth-order valence-electron chi connectivity index (χ4n) is 3.85. The lowest BCUT2D eigenvalue weighted by molar-refractivity contribution is 0.696. The molecule has 0 heterocycles. The van der Waals surface area contributed by atoms with E-state index in [1.165, 1.54) is 56.9 Å². The van der Waals surface area contributed by atoms with Crippen molar-refractivity contribution in [1.29, 1.82) is 0 Å². The van der Waals surface area contributed by atoms with E-state index in [1.54, 1.807) is 11.1 Å². The molecular formula is C17H24. The van der Waals surface area contributed by atoms with Crippen molar-refractivity contribution < 1.29 is 0 Å². The minimum absolute atomic E-state index is 0.871. The summed E-state index contributed by atoms with van der Waals surface area (Å²) < 4.78 is 0. The zero-order valence-corrected chi connectivity index (χ0v) is 11.0. The Kier molecular flexibility index (Phi) is 3.22. The van der Waals surface area contributed by atoms with E-state index in [2.05, 4.69) is 25.1 Å².